The smallest absolute Gasteiger partial charge is 0.246 e. The summed E-state index contributed by atoms with van der Waals surface area (Å²) in [5.74, 6) is -0.532. The lowest BCUT2D eigenvalue weighted by Crippen LogP contribution is -2.39. The van der Waals surface area contributed by atoms with Crippen molar-refractivity contribution in [2.24, 2.45) is 5.92 Å². The van der Waals surface area contributed by atoms with Crippen LogP contribution in [-0.4, -0.2) is 38.4 Å². The van der Waals surface area contributed by atoms with E-state index < -0.39 is 15.8 Å². The highest BCUT2D eigenvalue weighted by Crippen LogP contribution is 2.34. The number of nitrogens with one attached hydrogen (secondary N) is 1. The predicted octanol–water partition coefficient (Wildman–Crippen LogP) is 1.46. The summed E-state index contributed by atoms with van der Waals surface area (Å²) in [5.41, 5.74) is 0. The van der Waals surface area contributed by atoms with Gasteiger partial charge in [-0.2, -0.15) is 4.31 Å². The van der Waals surface area contributed by atoms with E-state index in [0.29, 0.717) is 19.0 Å². The molecule has 19 heavy (non-hydrogen) atoms. The molecule has 4 nitrogen and oxygen atoms in total. The van der Waals surface area contributed by atoms with E-state index in [1.54, 1.807) is 0 Å². The van der Waals surface area contributed by atoms with Crippen LogP contribution in [-0.2, 0) is 10.0 Å². The Morgan fingerprint density at radius 2 is 2.16 bits per heavy atom. The maximum atomic E-state index is 13.9. The third kappa shape index (κ3) is 2.07. The average Bonchev–Trinajstić information content (AvgIpc) is 2.93. The molecule has 2 atom stereocenters. The van der Waals surface area contributed by atoms with Crippen LogP contribution in [0.2, 0.25) is 5.02 Å². The first-order valence-electron chi connectivity index (χ1n) is 6.18. The van der Waals surface area contributed by atoms with Crippen molar-refractivity contribution in [3.8, 4) is 0 Å². The summed E-state index contributed by atoms with van der Waals surface area (Å²) < 4.78 is 40.4. The molecule has 2 saturated heterocycles. The van der Waals surface area contributed by atoms with Gasteiger partial charge in [-0.15, -0.1) is 0 Å². The van der Waals surface area contributed by atoms with Gasteiger partial charge in [-0.05, 0) is 31.0 Å². The molecular formula is C12H14ClFN2O2S. The van der Waals surface area contributed by atoms with Gasteiger partial charge in [0, 0.05) is 19.1 Å². The first-order chi connectivity index (χ1) is 9.01. The molecule has 0 saturated carbocycles. The largest absolute Gasteiger partial charge is 0.315 e. The molecule has 2 aliphatic heterocycles. The van der Waals surface area contributed by atoms with Crippen molar-refractivity contribution >= 4 is 21.6 Å². The first-order valence-corrected chi connectivity index (χ1v) is 8.00. The van der Waals surface area contributed by atoms with Gasteiger partial charge in [0.2, 0.25) is 10.0 Å². The summed E-state index contributed by atoms with van der Waals surface area (Å²) in [6.07, 6.45) is 0.819. The summed E-state index contributed by atoms with van der Waals surface area (Å²) in [5, 5.41) is 3.01. The van der Waals surface area contributed by atoms with Gasteiger partial charge in [-0.3, -0.25) is 0 Å². The van der Waals surface area contributed by atoms with E-state index in [9.17, 15) is 12.8 Å². The summed E-state index contributed by atoms with van der Waals surface area (Å²) >= 11 is 5.67. The van der Waals surface area contributed by atoms with Crippen LogP contribution in [0.3, 0.4) is 0 Å². The molecule has 0 amide bonds. The zero-order valence-electron chi connectivity index (χ0n) is 10.1. The van der Waals surface area contributed by atoms with Crippen molar-refractivity contribution in [1.82, 2.24) is 9.62 Å². The van der Waals surface area contributed by atoms with Crippen molar-refractivity contribution in [2.75, 3.05) is 19.6 Å². The molecule has 0 spiro atoms. The van der Waals surface area contributed by atoms with Gasteiger partial charge in [0.05, 0.1) is 5.02 Å². The molecule has 0 aliphatic carbocycles. The Morgan fingerprint density at radius 1 is 1.37 bits per heavy atom. The Labute approximate surface area is 116 Å². The highest BCUT2D eigenvalue weighted by atomic mass is 35.5. The fourth-order valence-electron chi connectivity index (χ4n) is 2.92. The van der Waals surface area contributed by atoms with E-state index in [1.807, 2.05) is 0 Å². The van der Waals surface area contributed by atoms with Crippen molar-refractivity contribution in [3.63, 3.8) is 0 Å². The Hall–Kier alpha value is -0.690. The molecule has 0 bridgehead atoms. The van der Waals surface area contributed by atoms with Crippen molar-refractivity contribution in [2.45, 2.75) is 17.4 Å². The second-order valence-corrected chi connectivity index (χ2v) is 7.21. The molecule has 2 fully saturated rings. The van der Waals surface area contributed by atoms with E-state index in [-0.39, 0.29) is 16.0 Å². The second kappa shape index (κ2) is 4.70. The minimum atomic E-state index is -3.81. The molecule has 0 unspecified atom stereocenters. The lowest BCUT2D eigenvalue weighted by atomic mass is 10.1. The van der Waals surface area contributed by atoms with Gasteiger partial charge in [-0.25, -0.2) is 12.8 Å². The van der Waals surface area contributed by atoms with Gasteiger partial charge in [-0.1, -0.05) is 17.7 Å². The Morgan fingerprint density at radius 3 is 2.95 bits per heavy atom. The van der Waals surface area contributed by atoms with Crippen LogP contribution < -0.4 is 5.32 Å². The Balaban J connectivity index is 2.01. The zero-order chi connectivity index (χ0) is 13.6. The number of halogens is 2. The number of rotatable bonds is 2. The molecule has 1 aromatic carbocycles. The second-order valence-electron chi connectivity index (χ2n) is 4.94. The zero-order valence-corrected chi connectivity index (χ0v) is 11.7. The number of benzene rings is 1. The predicted molar refractivity (Wildman–Crippen MR) is 70.1 cm³/mol. The van der Waals surface area contributed by atoms with Crippen LogP contribution in [0.15, 0.2) is 23.1 Å². The van der Waals surface area contributed by atoms with Crippen LogP contribution in [0.25, 0.3) is 0 Å². The highest BCUT2D eigenvalue weighted by molar-refractivity contribution is 7.89. The number of nitrogens with zero attached hydrogens (tertiary/aromatic N) is 1. The third-order valence-corrected chi connectivity index (χ3v) is 6.13. The van der Waals surface area contributed by atoms with Gasteiger partial charge < -0.3 is 5.32 Å². The molecular weight excluding hydrogens is 291 g/mol. The first kappa shape index (κ1) is 13.3. The molecule has 0 aromatic heterocycles. The van der Waals surface area contributed by atoms with Crippen LogP contribution in [0.1, 0.15) is 6.42 Å². The average molecular weight is 305 g/mol. The number of hydrogen-bond acceptors (Lipinski definition) is 3. The van der Waals surface area contributed by atoms with Crippen molar-refractivity contribution in [3.05, 3.63) is 29.0 Å². The Bertz CT molecular complexity index is 608. The maximum absolute atomic E-state index is 13.9. The van der Waals surface area contributed by atoms with Crippen LogP contribution in [0.5, 0.6) is 0 Å². The van der Waals surface area contributed by atoms with E-state index >= 15 is 0 Å². The minimum absolute atomic E-state index is 0.0663. The molecule has 104 valence electrons. The van der Waals surface area contributed by atoms with Gasteiger partial charge in [0.25, 0.3) is 0 Å². The third-order valence-electron chi connectivity index (χ3n) is 3.90. The molecule has 0 radical (unpaired) electrons. The highest BCUT2D eigenvalue weighted by Gasteiger charge is 2.44. The Kier molecular flexibility index (Phi) is 3.29. The number of hydrogen-bond donors (Lipinski definition) is 1. The van der Waals surface area contributed by atoms with E-state index in [4.69, 9.17) is 11.6 Å². The molecule has 7 heteroatoms. The maximum Gasteiger partial charge on any atom is 0.246 e. The topological polar surface area (TPSA) is 49.4 Å². The fraction of sp³-hybridized carbons (Fsp3) is 0.500. The molecule has 2 aliphatic rings. The molecule has 1 N–H and O–H groups in total. The van der Waals surface area contributed by atoms with Crippen LogP contribution in [0, 0.1) is 11.7 Å². The monoisotopic (exact) mass is 304 g/mol. The van der Waals surface area contributed by atoms with Crippen molar-refractivity contribution in [1.29, 1.82) is 0 Å². The lowest BCUT2D eigenvalue weighted by molar-refractivity contribution is 0.380. The standard InChI is InChI=1S/C12H14ClFN2O2S/c13-9-2-1-3-11(12(9)14)19(17,18)16-5-4-8-6-15-7-10(8)16/h1-3,8,10,15H,4-7H2/t8-,10+/m0/s1. The fourth-order valence-corrected chi connectivity index (χ4v) is 4.94. The molecule has 3 rings (SSSR count). The van der Waals surface area contributed by atoms with E-state index in [1.165, 1.54) is 22.5 Å². The normalized spacial score (nSPS) is 27.7. The number of sulfonamides is 1. The van der Waals surface area contributed by atoms with Crippen LogP contribution in [0.4, 0.5) is 4.39 Å². The molecule has 1 aromatic rings. The quantitative estimate of drug-likeness (QED) is 0.900. The lowest BCUT2D eigenvalue weighted by Gasteiger charge is -2.23. The molecule has 2 heterocycles. The summed E-state index contributed by atoms with van der Waals surface area (Å²) in [7, 11) is -3.81. The summed E-state index contributed by atoms with van der Waals surface area (Å²) in [6, 6.07) is 4.01. The SMILES string of the molecule is O=S(=O)(c1cccc(Cl)c1F)N1CC[C@H]2CNC[C@H]21. The summed E-state index contributed by atoms with van der Waals surface area (Å²) in [4.78, 5) is -0.326. The summed E-state index contributed by atoms with van der Waals surface area (Å²) in [6.45, 7) is 1.91. The van der Waals surface area contributed by atoms with E-state index in [0.717, 1.165) is 13.0 Å². The van der Waals surface area contributed by atoms with Gasteiger partial charge in [0.1, 0.15) is 4.90 Å². The van der Waals surface area contributed by atoms with Gasteiger partial charge >= 0.3 is 0 Å². The van der Waals surface area contributed by atoms with Crippen molar-refractivity contribution < 1.29 is 12.8 Å². The van der Waals surface area contributed by atoms with Gasteiger partial charge in [0.15, 0.2) is 5.82 Å². The number of fused-ring (bicyclic) bond motifs is 1. The van der Waals surface area contributed by atoms with E-state index in [2.05, 4.69) is 5.32 Å². The van der Waals surface area contributed by atoms with Crippen LogP contribution >= 0.6 is 11.6 Å². The minimum Gasteiger partial charge on any atom is -0.315 e.